The van der Waals surface area contributed by atoms with E-state index in [4.69, 9.17) is 5.11 Å². The molecule has 0 spiro atoms. The number of hydrogen-bond donors (Lipinski definition) is 1. The van der Waals surface area contributed by atoms with Gasteiger partial charge in [0, 0.05) is 12.2 Å². The van der Waals surface area contributed by atoms with Gasteiger partial charge in [-0.05, 0) is 26.0 Å². The average Bonchev–Trinajstić information content (AvgIpc) is 2.78. The van der Waals surface area contributed by atoms with Crippen LogP contribution >= 0.6 is 11.3 Å². The molecule has 0 aliphatic rings. The van der Waals surface area contributed by atoms with E-state index in [1.807, 2.05) is 25.1 Å². The Labute approximate surface area is 126 Å². The van der Waals surface area contributed by atoms with E-state index in [9.17, 15) is 9.59 Å². The zero-order valence-electron chi connectivity index (χ0n) is 11.9. The van der Waals surface area contributed by atoms with Crippen molar-refractivity contribution >= 4 is 28.9 Å². The first-order valence-corrected chi connectivity index (χ1v) is 7.33. The predicted molar refractivity (Wildman–Crippen MR) is 82.0 cm³/mol. The number of nitrogens with zero attached hydrogens (tertiary/aromatic N) is 2. The molecule has 1 heterocycles. The maximum Gasteiger partial charge on any atom is 0.305 e. The van der Waals surface area contributed by atoms with Crippen molar-refractivity contribution in [2.45, 2.75) is 20.3 Å². The number of aromatic nitrogens is 1. The molecular weight excluding hydrogens is 288 g/mol. The third-order valence-corrected chi connectivity index (χ3v) is 4.02. The number of thiazole rings is 1. The van der Waals surface area contributed by atoms with Crippen molar-refractivity contribution in [2.75, 3.05) is 11.4 Å². The van der Waals surface area contributed by atoms with Crippen LogP contribution in [0.25, 0.3) is 0 Å². The smallest absolute Gasteiger partial charge is 0.305 e. The zero-order chi connectivity index (χ0) is 15.4. The fourth-order valence-electron chi connectivity index (χ4n) is 2.02. The lowest BCUT2D eigenvalue weighted by atomic mass is 10.2. The second-order valence-electron chi connectivity index (χ2n) is 4.58. The molecule has 0 saturated carbocycles. The van der Waals surface area contributed by atoms with Gasteiger partial charge in [0.25, 0.3) is 5.91 Å². The monoisotopic (exact) mass is 304 g/mol. The van der Waals surface area contributed by atoms with E-state index in [-0.39, 0.29) is 18.9 Å². The summed E-state index contributed by atoms with van der Waals surface area (Å²) in [6, 6.07) is 9.08. The van der Waals surface area contributed by atoms with E-state index >= 15 is 0 Å². The highest BCUT2D eigenvalue weighted by Gasteiger charge is 2.22. The summed E-state index contributed by atoms with van der Waals surface area (Å²) in [6.45, 7) is 3.77. The van der Waals surface area contributed by atoms with Gasteiger partial charge in [-0.15, -0.1) is 11.3 Å². The molecule has 2 aromatic rings. The summed E-state index contributed by atoms with van der Waals surface area (Å²) >= 11 is 1.33. The molecule has 0 aliphatic carbocycles. The molecule has 21 heavy (non-hydrogen) atoms. The van der Waals surface area contributed by atoms with E-state index in [1.54, 1.807) is 19.1 Å². The summed E-state index contributed by atoms with van der Waals surface area (Å²) in [4.78, 5) is 29.8. The molecule has 0 saturated heterocycles. The average molecular weight is 304 g/mol. The number of rotatable bonds is 5. The first-order valence-electron chi connectivity index (χ1n) is 6.51. The Kier molecular flexibility index (Phi) is 4.70. The van der Waals surface area contributed by atoms with Gasteiger partial charge in [-0.2, -0.15) is 0 Å². The SMILES string of the molecule is Cc1nc(C)c(C(=O)N(CCC(=O)O)c2ccccc2)s1. The normalized spacial score (nSPS) is 10.4. The number of amides is 1. The number of anilines is 1. The van der Waals surface area contributed by atoms with Crippen LogP contribution in [0.2, 0.25) is 0 Å². The lowest BCUT2D eigenvalue weighted by Gasteiger charge is -2.21. The lowest BCUT2D eigenvalue weighted by molar-refractivity contribution is -0.136. The van der Waals surface area contributed by atoms with Gasteiger partial charge in [-0.1, -0.05) is 18.2 Å². The van der Waals surface area contributed by atoms with Crippen LogP contribution in [0.15, 0.2) is 30.3 Å². The second-order valence-corrected chi connectivity index (χ2v) is 5.79. The molecule has 1 N–H and O–H groups in total. The van der Waals surface area contributed by atoms with Crippen molar-refractivity contribution in [3.63, 3.8) is 0 Å². The number of carbonyl (C=O) groups excluding carboxylic acids is 1. The first-order chi connectivity index (χ1) is 9.99. The number of para-hydroxylation sites is 1. The van der Waals surface area contributed by atoms with E-state index in [0.29, 0.717) is 16.3 Å². The van der Waals surface area contributed by atoms with Crippen LogP contribution < -0.4 is 4.90 Å². The maximum absolute atomic E-state index is 12.7. The molecule has 1 aromatic carbocycles. The number of aliphatic carboxylic acids is 1. The van der Waals surface area contributed by atoms with Crippen LogP contribution in [-0.4, -0.2) is 28.5 Å². The number of carbonyl (C=O) groups is 2. The Bertz CT molecular complexity index is 652. The Morgan fingerprint density at radius 2 is 1.90 bits per heavy atom. The summed E-state index contributed by atoms with van der Waals surface area (Å²) < 4.78 is 0. The summed E-state index contributed by atoms with van der Waals surface area (Å²) in [7, 11) is 0. The Morgan fingerprint density at radius 1 is 1.24 bits per heavy atom. The quantitative estimate of drug-likeness (QED) is 0.922. The molecule has 0 fully saturated rings. The van der Waals surface area contributed by atoms with Crippen LogP contribution in [-0.2, 0) is 4.79 Å². The highest BCUT2D eigenvalue weighted by atomic mass is 32.1. The van der Waals surface area contributed by atoms with Gasteiger partial charge in [0.2, 0.25) is 0 Å². The third kappa shape index (κ3) is 3.66. The van der Waals surface area contributed by atoms with Gasteiger partial charge in [0.05, 0.1) is 17.1 Å². The molecule has 0 unspecified atom stereocenters. The Morgan fingerprint density at radius 3 is 2.43 bits per heavy atom. The minimum Gasteiger partial charge on any atom is -0.481 e. The van der Waals surface area contributed by atoms with Crippen molar-refractivity contribution in [2.24, 2.45) is 0 Å². The molecule has 0 bridgehead atoms. The molecule has 1 aromatic heterocycles. The van der Waals surface area contributed by atoms with Crippen LogP contribution in [0.3, 0.4) is 0 Å². The lowest BCUT2D eigenvalue weighted by Crippen LogP contribution is -2.32. The van der Waals surface area contributed by atoms with E-state index in [1.165, 1.54) is 16.2 Å². The predicted octanol–water partition coefficient (Wildman–Crippen LogP) is 2.88. The van der Waals surface area contributed by atoms with Gasteiger partial charge >= 0.3 is 5.97 Å². The highest BCUT2D eigenvalue weighted by molar-refractivity contribution is 7.13. The fourth-order valence-corrected chi connectivity index (χ4v) is 2.88. The first kappa shape index (κ1) is 15.2. The number of carboxylic acid groups (broad SMARTS) is 1. The van der Waals surface area contributed by atoms with Gasteiger partial charge in [-0.25, -0.2) is 4.98 Å². The van der Waals surface area contributed by atoms with Crippen LogP contribution in [0.4, 0.5) is 5.69 Å². The van der Waals surface area contributed by atoms with Gasteiger partial charge < -0.3 is 10.0 Å². The molecule has 2 rings (SSSR count). The van der Waals surface area contributed by atoms with Crippen molar-refractivity contribution in [1.29, 1.82) is 0 Å². The van der Waals surface area contributed by atoms with Crippen molar-refractivity contribution in [3.05, 3.63) is 45.9 Å². The molecule has 1 amide bonds. The molecule has 6 heteroatoms. The van der Waals surface area contributed by atoms with Crippen LogP contribution in [0, 0.1) is 13.8 Å². The van der Waals surface area contributed by atoms with E-state index in [0.717, 1.165) is 5.01 Å². The Hall–Kier alpha value is -2.21. The van der Waals surface area contributed by atoms with Gasteiger partial charge in [0.15, 0.2) is 0 Å². The topological polar surface area (TPSA) is 70.5 Å². The minimum atomic E-state index is -0.930. The number of carboxylic acids is 1. The van der Waals surface area contributed by atoms with E-state index < -0.39 is 5.97 Å². The number of benzene rings is 1. The van der Waals surface area contributed by atoms with Gasteiger partial charge in [0.1, 0.15) is 4.88 Å². The van der Waals surface area contributed by atoms with Crippen LogP contribution in [0.5, 0.6) is 0 Å². The molecule has 0 aliphatic heterocycles. The molecular formula is C15H16N2O3S. The number of hydrogen-bond acceptors (Lipinski definition) is 4. The summed E-state index contributed by atoms with van der Waals surface area (Å²) in [5.41, 5.74) is 1.37. The minimum absolute atomic E-state index is 0.0997. The standard InChI is InChI=1S/C15H16N2O3S/c1-10-14(21-11(2)16-10)15(20)17(9-8-13(18)19)12-6-4-3-5-7-12/h3-7H,8-9H2,1-2H3,(H,18,19). The molecule has 5 nitrogen and oxygen atoms in total. The number of aryl methyl sites for hydroxylation is 2. The molecule has 0 radical (unpaired) electrons. The fraction of sp³-hybridized carbons (Fsp3) is 0.267. The summed E-state index contributed by atoms with van der Waals surface area (Å²) in [5.74, 6) is -1.13. The molecule has 110 valence electrons. The van der Waals surface area contributed by atoms with Crippen molar-refractivity contribution in [1.82, 2.24) is 4.98 Å². The van der Waals surface area contributed by atoms with Crippen molar-refractivity contribution in [3.8, 4) is 0 Å². The summed E-state index contributed by atoms with van der Waals surface area (Å²) in [5, 5.41) is 9.69. The van der Waals surface area contributed by atoms with Crippen LogP contribution in [0.1, 0.15) is 26.8 Å². The zero-order valence-corrected chi connectivity index (χ0v) is 12.7. The Balaban J connectivity index is 2.32. The summed E-state index contributed by atoms with van der Waals surface area (Å²) in [6.07, 6.45) is -0.0997. The van der Waals surface area contributed by atoms with E-state index in [2.05, 4.69) is 4.98 Å². The molecule has 0 atom stereocenters. The van der Waals surface area contributed by atoms with Crippen molar-refractivity contribution < 1.29 is 14.7 Å². The van der Waals surface area contributed by atoms with Gasteiger partial charge in [-0.3, -0.25) is 9.59 Å². The largest absolute Gasteiger partial charge is 0.481 e. The second kappa shape index (κ2) is 6.49. The maximum atomic E-state index is 12.7. The highest BCUT2D eigenvalue weighted by Crippen LogP contribution is 2.23. The third-order valence-electron chi connectivity index (χ3n) is 2.96.